The Morgan fingerprint density at radius 3 is 2.85 bits per heavy atom. The third kappa shape index (κ3) is 2.78. The number of rotatable bonds is 4. The molecule has 5 heteroatoms. The van der Waals surface area contributed by atoms with Gasteiger partial charge < -0.3 is 9.72 Å². The first kappa shape index (κ1) is 13.4. The van der Waals surface area contributed by atoms with E-state index in [1.54, 1.807) is 0 Å². The largest absolute Gasteiger partial charge is 0.379 e. The molecule has 0 unspecified atom stereocenters. The highest BCUT2D eigenvalue weighted by Crippen LogP contribution is 2.12. The highest BCUT2D eigenvalue weighted by Gasteiger charge is 2.11. The normalized spacial score (nSPS) is 16.9. The molecule has 2 heterocycles. The number of ether oxygens (including phenoxy) is 1. The number of nitrogens with one attached hydrogen (secondary N) is 1. The van der Waals surface area contributed by atoms with Gasteiger partial charge in [-0.05, 0) is 31.0 Å². The van der Waals surface area contributed by atoms with Crippen molar-refractivity contribution in [3.05, 3.63) is 34.2 Å². The standard InChI is InChI=1S/C15H21N3O2/c1-12-3-4-14-13(11-12)16-15(19)18(14)6-2-5-17-7-9-20-10-8-17/h3-4,11H,2,5-10H2,1H3,(H,16,19). The minimum absolute atomic E-state index is 0.00687. The van der Waals surface area contributed by atoms with Crippen LogP contribution >= 0.6 is 0 Å². The van der Waals surface area contributed by atoms with Gasteiger partial charge in [0.05, 0.1) is 24.2 Å². The molecule has 1 aromatic heterocycles. The lowest BCUT2D eigenvalue weighted by atomic mass is 10.2. The average Bonchev–Trinajstić information content (AvgIpc) is 2.75. The molecule has 0 radical (unpaired) electrons. The Balaban J connectivity index is 1.68. The number of nitrogens with zero attached hydrogens (tertiary/aromatic N) is 2. The van der Waals surface area contributed by atoms with Gasteiger partial charge >= 0.3 is 5.69 Å². The van der Waals surface area contributed by atoms with Crippen LogP contribution in [0.3, 0.4) is 0 Å². The molecule has 0 bridgehead atoms. The number of aromatic amines is 1. The van der Waals surface area contributed by atoms with Gasteiger partial charge in [0.25, 0.3) is 0 Å². The summed E-state index contributed by atoms with van der Waals surface area (Å²) in [6.45, 7) is 7.48. The summed E-state index contributed by atoms with van der Waals surface area (Å²) >= 11 is 0. The Hall–Kier alpha value is -1.59. The van der Waals surface area contributed by atoms with Crippen molar-refractivity contribution < 1.29 is 4.74 Å². The second-order valence-electron chi connectivity index (χ2n) is 5.41. The number of H-pyrrole nitrogens is 1. The molecule has 108 valence electrons. The predicted octanol–water partition coefficient (Wildman–Crippen LogP) is 1.36. The van der Waals surface area contributed by atoms with Crippen LogP contribution in [0.4, 0.5) is 0 Å². The summed E-state index contributed by atoms with van der Waals surface area (Å²) < 4.78 is 7.18. The maximum atomic E-state index is 12.0. The zero-order chi connectivity index (χ0) is 13.9. The summed E-state index contributed by atoms with van der Waals surface area (Å²) in [5.74, 6) is 0. The van der Waals surface area contributed by atoms with Crippen LogP contribution in [0.5, 0.6) is 0 Å². The van der Waals surface area contributed by atoms with Crippen LogP contribution in [0.25, 0.3) is 11.0 Å². The van der Waals surface area contributed by atoms with Gasteiger partial charge in [-0.15, -0.1) is 0 Å². The zero-order valence-electron chi connectivity index (χ0n) is 11.9. The monoisotopic (exact) mass is 275 g/mol. The number of aryl methyl sites for hydroxylation is 2. The first-order valence-electron chi connectivity index (χ1n) is 7.23. The lowest BCUT2D eigenvalue weighted by molar-refractivity contribution is 0.0369. The maximum absolute atomic E-state index is 12.0. The molecule has 2 aromatic rings. The molecule has 20 heavy (non-hydrogen) atoms. The van der Waals surface area contributed by atoms with E-state index >= 15 is 0 Å². The van der Waals surface area contributed by atoms with Crippen LogP contribution in [0.1, 0.15) is 12.0 Å². The van der Waals surface area contributed by atoms with E-state index in [9.17, 15) is 4.79 Å². The third-order valence-corrected chi connectivity index (χ3v) is 3.89. The van der Waals surface area contributed by atoms with E-state index in [-0.39, 0.29) is 5.69 Å². The molecule has 5 nitrogen and oxygen atoms in total. The van der Waals surface area contributed by atoms with Gasteiger partial charge in [-0.1, -0.05) is 6.07 Å². The molecule has 1 fully saturated rings. The average molecular weight is 275 g/mol. The van der Waals surface area contributed by atoms with Crippen LogP contribution in [0.2, 0.25) is 0 Å². The first-order chi connectivity index (χ1) is 9.74. The molecule has 0 aliphatic carbocycles. The summed E-state index contributed by atoms with van der Waals surface area (Å²) in [7, 11) is 0. The molecule has 3 rings (SSSR count). The van der Waals surface area contributed by atoms with Crippen molar-refractivity contribution in [3.63, 3.8) is 0 Å². The first-order valence-corrected chi connectivity index (χ1v) is 7.23. The van der Waals surface area contributed by atoms with Gasteiger partial charge in [0.2, 0.25) is 0 Å². The summed E-state index contributed by atoms with van der Waals surface area (Å²) in [5, 5.41) is 0. The van der Waals surface area contributed by atoms with Crippen molar-refractivity contribution in [1.82, 2.24) is 14.5 Å². The fraction of sp³-hybridized carbons (Fsp3) is 0.533. The Labute approximate surface area is 118 Å². The third-order valence-electron chi connectivity index (χ3n) is 3.89. The molecule has 0 saturated carbocycles. The minimum atomic E-state index is -0.00687. The smallest absolute Gasteiger partial charge is 0.326 e. The summed E-state index contributed by atoms with van der Waals surface area (Å²) in [5.41, 5.74) is 3.09. The summed E-state index contributed by atoms with van der Waals surface area (Å²) in [6.07, 6.45) is 0.987. The number of imidazole rings is 1. The van der Waals surface area contributed by atoms with Crippen LogP contribution in [0.15, 0.2) is 23.0 Å². The van der Waals surface area contributed by atoms with Crippen LogP contribution in [-0.2, 0) is 11.3 Å². The SMILES string of the molecule is Cc1ccc2c(c1)[nH]c(=O)n2CCCN1CCOCC1. The molecule has 1 N–H and O–H groups in total. The molecule has 0 spiro atoms. The second-order valence-corrected chi connectivity index (χ2v) is 5.41. The molecule has 1 aromatic carbocycles. The van der Waals surface area contributed by atoms with Gasteiger partial charge in [0, 0.05) is 26.2 Å². The molecule has 1 aliphatic heterocycles. The summed E-state index contributed by atoms with van der Waals surface area (Å²) in [6, 6.07) is 6.10. The summed E-state index contributed by atoms with van der Waals surface area (Å²) in [4.78, 5) is 17.3. The molecule has 0 amide bonds. The number of hydrogen-bond donors (Lipinski definition) is 1. The highest BCUT2D eigenvalue weighted by molar-refractivity contribution is 5.75. The number of aromatic nitrogens is 2. The lowest BCUT2D eigenvalue weighted by Crippen LogP contribution is -2.37. The van der Waals surface area contributed by atoms with E-state index in [0.717, 1.165) is 56.8 Å². The molecular formula is C15H21N3O2. The Bertz CT molecular complexity index is 638. The molecular weight excluding hydrogens is 254 g/mol. The molecule has 0 atom stereocenters. The van der Waals surface area contributed by atoms with Crippen molar-refractivity contribution in [3.8, 4) is 0 Å². The van der Waals surface area contributed by atoms with Gasteiger partial charge in [-0.3, -0.25) is 9.47 Å². The van der Waals surface area contributed by atoms with Gasteiger partial charge in [0.1, 0.15) is 0 Å². The maximum Gasteiger partial charge on any atom is 0.326 e. The molecule has 1 aliphatic rings. The number of fused-ring (bicyclic) bond motifs is 1. The van der Waals surface area contributed by atoms with Crippen molar-refractivity contribution in [2.45, 2.75) is 19.9 Å². The van der Waals surface area contributed by atoms with Crippen molar-refractivity contribution in [2.75, 3.05) is 32.8 Å². The van der Waals surface area contributed by atoms with Crippen molar-refractivity contribution in [1.29, 1.82) is 0 Å². The van der Waals surface area contributed by atoms with E-state index < -0.39 is 0 Å². The van der Waals surface area contributed by atoms with E-state index in [1.807, 2.05) is 29.7 Å². The topological polar surface area (TPSA) is 50.3 Å². The van der Waals surface area contributed by atoms with E-state index in [0.29, 0.717) is 0 Å². The number of hydrogen-bond acceptors (Lipinski definition) is 3. The van der Waals surface area contributed by atoms with Gasteiger partial charge in [-0.2, -0.15) is 0 Å². The predicted molar refractivity (Wildman–Crippen MR) is 79.2 cm³/mol. The fourth-order valence-electron chi connectivity index (χ4n) is 2.78. The lowest BCUT2D eigenvalue weighted by Gasteiger charge is -2.26. The molecule has 1 saturated heterocycles. The van der Waals surface area contributed by atoms with E-state index in [1.165, 1.54) is 5.56 Å². The van der Waals surface area contributed by atoms with Gasteiger partial charge in [0.15, 0.2) is 0 Å². The fourth-order valence-corrected chi connectivity index (χ4v) is 2.78. The Morgan fingerprint density at radius 2 is 2.05 bits per heavy atom. The van der Waals surface area contributed by atoms with E-state index in [2.05, 4.69) is 9.88 Å². The highest BCUT2D eigenvalue weighted by atomic mass is 16.5. The van der Waals surface area contributed by atoms with E-state index in [4.69, 9.17) is 4.74 Å². The van der Waals surface area contributed by atoms with Crippen LogP contribution in [-0.4, -0.2) is 47.3 Å². The Morgan fingerprint density at radius 1 is 1.25 bits per heavy atom. The zero-order valence-corrected chi connectivity index (χ0v) is 11.9. The minimum Gasteiger partial charge on any atom is -0.379 e. The van der Waals surface area contributed by atoms with Crippen molar-refractivity contribution >= 4 is 11.0 Å². The Kier molecular flexibility index (Phi) is 3.89. The number of morpholine rings is 1. The number of benzene rings is 1. The van der Waals surface area contributed by atoms with Crippen molar-refractivity contribution in [2.24, 2.45) is 0 Å². The van der Waals surface area contributed by atoms with Gasteiger partial charge in [-0.25, -0.2) is 4.79 Å². The van der Waals surface area contributed by atoms with Crippen LogP contribution in [0, 0.1) is 6.92 Å². The van der Waals surface area contributed by atoms with Crippen LogP contribution < -0.4 is 5.69 Å². The quantitative estimate of drug-likeness (QED) is 0.916. The second kappa shape index (κ2) is 5.81.